The van der Waals surface area contributed by atoms with E-state index in [1.807, 2.05) is 38.1 Å². The fourth-order valence-corrected chi connectivity index (χ4v) is 2.90. The Hall–Kier alpha value is -1.31. The van der Waals surface area contributed by atoms with E-state index >= 15 is 0 Å². The molecule has 0 aliphatic heterocycles. The molecule has 0 unspecified atom stereocenters. The van der Waals surface area contributed by atoms with Gasteiger partial charge >= 0.3 is 0 Å². The molecule has 1 aliphatic carbocycles. The fourth-order valence-electron chi connectivity index (χ4n) is 2.90. The summed E-state index contributed by atoms with van der Waals surface area (Å²) in [4.78, 5) is 12.8. The highest BCUT2D eigenvalue weighted by molar-refractivity contribution is 6.02. The van der Waals surface area contributed by atoms with E-state index in [0.29, 0.717) is 0 Å². The van der Waals surface area contributed by atoms with Crippen LogP contribution < -0.4 is 4.74 Å². The molecule has 0 aromatic heterocycles. The number of carbonyl (C=O) groups is 1. The highest BCUT2D eigenvalue weighted by atomic mass is 16.5. The van der Waals surface area contributed by atoms with Crippen molar-refractivity contribution in [1.29, 1.82) is 0 Å². The van der Waals surface area contributed by atoms with Crippen LogP contribution in [0.25, 0.3) is 0 Å². The van der Waals surface area contributed by atoms with Gasteiger partial charge in [0, 0.05) is 5.41 Å². The molecule has 0 spiro atoms. The summed E-state index contributed by atoms with van der Waals surface area (Å²) in [7, 11) is 0. The van der Waals surface area contributed by atoms with Gasteiger partial charge in [0.1, 0.15) is 5.75 Å². The standard InChI is InChI=1S/C17H24O2/c1-13(2)19-15-10-6-5-9-14(15)16(18)17(3)11-7-4-8-12-17/h5-6,9-10,13H,4,7-8,11-12H2,1-3H3. The minimum Gasteiger partial charge on any atom is -0.490 e. The van der Waals surface area contributed by atoms with Crippen LogP contribution in [-0.4, -0.2) is 11.9 Å². The maximum atomic E-state index is 12.8. The van der Waals surface area contributed by atoms with Crippen LogP contribution in [0.5, 0.6) is 5.75 Å². The van der Waals surface area contributed by atoms with Crippen LogP contribution in [0.3, 0.4) is 0 Å². The number of hydrogen-bond acceptors (Lipinski definition) is 2. The van der Waals surface area contributed by atoms with Crippen LogP contribution in [0.1, 0.15) is 63.2 Å². The molecule has 19 heavy (non-hydrogen) atoms. The Morgan fingerprint density at radius 1 is 1.16 bits per heavy atom. The fraction of sp³-hybridized carbons (Fsp3) is 0.588. The molecule has 0 heterocycles. The third-order valence-corrected chi connectivity index (χ3v) is 4.00. The normalized spacial score (nSPS) is 18.3. The molecule has 0 atom stereocenters. The lowest BCUT2D eigenvalue weighted by atomic mass is 9.71. The molecular weight excluding hydrogens is 236 g/mol. The largest absolute Gasteiger partial charge is 0.490 e. The van der Waals surface area contributed by atoms with E-state index in [1.165, 1.54) is 6.42 Å². The molecule has 2 nitrogen and oxygen atoms in total. The molecule has 1 aromatic rings. The van der Waals surface area contributed by atoms with Gasteiger partial charge < -0.3 is 4.74 Å². The van der Waals surface area contributed by atoms with Gasteiger partial charge in [0.15, 0.2) is 5.78 Å². The number of Topliss-reactive ketones (excluding diaryl/α,β-unsaturated/α-hetero) is 1. The Morgan fingerprint density at radius 2 is 1.79 bits per heavy atom. The molecule has 1 aliphatic rings. The maximum absolute atomic E-state index is 12.8. The molecule has 2 heteroatoms. The van der Waals surface area contributed by atoms with Crippen LogP contribution >= 0.6 is 0 Å². The van der Waals surface area contributed by atoms with Crippen LogP contribution in [0.2, 0.25) is 0 Å². The number of benzene rings is 1. The van der Waals surface area contributed by atoms with Crippen molar-refractivity contribution in [1.82, 2.24) is 0 Å². The lowest BCUT2D eigenvalue weighted by molar-refractivity contribution is 0.0743. The molecule has 0 bridgehead atoms. The summed E-state index contributed by atoms with van der Waals surface area (Å²) in [5, 5.41) is 0. The highest BCUT2D eigenvalue weighted by Crippen LogP contribution is 2.40. The summed E-state index contributed by atoms with van der Waals surface area (Å²) in [5.41, 5.74) is 0.551. The van der Waals surface area contributed by atoms with E-state index in [1.54, 1.807) is 0 Å². The van der Waals surface area contributed by atoms with Gasteiger partial charge in [0.25, 0.3) is 0 Å². The molecule has 0 radical (unpaired) electrons. The lowest BCUT2D eigenvalue weighted by Crippen LogP contribution is -2.30. The smallest absolute Gasteiger partial charge is 0.172 e. The Labute approximate surface area is 116 Å². The van der Waals surface area contributed by atoms with Gasteiger partial charge in [-0.2, -0.15) is 0 Å². The predicted octanol–water partition coefficient (Wildman–Crippen LogP) is 4.63. The third kappa shape index (κ3) is 3.17. The van der Waals surface area contributed by atoms with E-state index in [9.17, 15) is 4.79 Å². The van der Waals surface area contributed by atoms with E-state index in [-0.39, 0.29) is 17.3 Å². The molecular formula is C17H24O2. The Bertz CT molecular complexity index is 442. The van der Waals surface area contributed by atoms with E-state index < -0.39 is 0 Å². The summed E-state index contributed by atoms with van der Waals surface area (Å²) >= 11 is 0. The number of hydrogen-bond donors (Lipinski definition) is 0. The molecule has 0 amide bonds. The zero-order chi connectivity index (χ0) is 13.9. The van der Waals surface area contributed by atoms with Gasteiger partial charge in [0.2, 0.25) is 0 Å². The summed E-state index contributed by atoms with van der Waals surface area (Å²) in [6, 6.07) is 7.66. The molecule has 0 N–H and O–H groups in total. The third-order valence-electron chi connectivity index (χ3n) is 4.00. The molecule has 0 saturated heterocycles. The zero-order valence-corrected chi connectivity index (χ0v) is 12.2. The number of carbonyl (C=O) groups excluding carboxylic acids is 1. The summed E-state index contributed by atoms with van der Waals surface area (Å²) in [5.74, 6) is 0.984. The second-order valence-electron chi connectivity index (χ2n) is 6.11. The van der Waals surface area contributed by atoms with Crippen molar-refractivity contribution in [2.45, 2.75) is 59.0 Å². The second kappa shape index (κ2) is 5.77. The van der Waals surface area contributed by atoms with Gasteiger partial charge in [0.05, 0.1) is 11.7 Å². The number of ether oxygens (including phenoxy) is 1. The number of rotatable bonds is 4. The van der Waals surface area contributed by atoms with Gasteiger partial charge in [-0.3, -0.25) is 4.79 Å². The van der Waals surface area contributed by atoms with Crippen molar-refractivity contribution in [3.05, 3.63) is 29.8 Å². The number of para-hydroxylation sites is 1. The van der Waals surface area contributed by atoms with Gasteiger partial charge in [-0.05, 0) is 38.8 Å². The first-order valence-corrected chi connectivity index (χ1v) is 7.33. The first-order chi connectivity index (χ1) is 9.03. The molecule has 104 valence electrons. The van der Waals surface area contributed by atoms with Crippen molar-refractivity contribution in [3.8, 4) is 5.75 Å². The zero-order valence-electron chi connectivity index (χ0n) is 12.2. The Balaban J connectivity index is 2.27. The molecule has 1 aromatic carbocycles. The maximum Gasteiger partial charge on any atom is 0.172 e. The Morgan fingerprint density at radius 3 is 2.42 bits per heavy atom. The SMILES string of the molecule is CC(C)Oc1ccccc1C(=O)C1(C)CCCCC1. The minimum atomic E-state index is -0.200. The van der Waals surface area contributed by atoms with Crippen LogP contribution in [0.15, 0.2) is 24.3 Å². The lowest BCUT2D eigenvalue weighted by Gasteiger charge is -2.32. The second-order valence-corrected chi connectivity index (χ2v) is 6.11. The first-order valence-electron chi connectivity index (χ1n) is 7.33. The van der Waals surface area contributed by atoms with Crippen LogP contribution in [0, 0.1) is 5.41 Å². The summed E-state index contributed by atoms with van der Waals surface area (Å²) < 4.78 is 5.78. The number of ketones is 1. The van der Waals surface area contributed by atoms with E-state index in [4.69, 9.17) is 4.74 Å². The van der Waals surface area contributed by atoms with Crippen LogP contribution in [-0.2, 0) is 0 Å². The summed E-state index contributed by atoms with van der Waals surface area (Å²) in [6.07, 6.45) is 5.68. The minimum absolute atomic E-state index is 0.0908. The van der Waals surface area contributed by atoms with Crippen molar-refractivity contribution in [3.63, 3.8) is 0 Å². The van der Waals surface area contributed by atoms with Gasteiger partial charge in [-0.15, -0.1) is 0 Å². The summed E-state index contributed by atoms with van der Waals surface area (Å²) in [6.45, 7) is 6.09. The van der Waals surface area contributed by atoms with Crippen molar-refractivity contribution >= 4 is 5.78 Å². The van der Waals surface area contributed by atoms with Gasteiger partial charge in [-0.25, -0.2) is 0 Å². The topological polar surface area (TPSA) is 26.3 Å². The predicted molar refractivity (Wildman–Crippen MR) is 77.7 cm³/mol. The average molecular weight is 260 g/mol. The van der Waals surface area contributed by atoms with E-state index in [0.717, 1.165) is 37.0 Å². The highest BCUT2D eigenvalue weighted by Gasteiger charge is 2.36. The van der Waals surface area contributed by atoms with Crippen molar-refractivity contribution < 1.29 is 9.53 Å². The van der Waals surface area contributed by atoms with Crippen LogP contribution in [0.4, 0.5) is 0 Å². The molecule has 1 fully saturated rings. The van der Waals surface area contributed by atoms with Crippen molar-refractivity contribution in [2.24, 2.45) is 5.41 Å². The molecule has 2 rings (SSSR count). The average Bonchev–Trinajstić information content (AvgIpc) is 2.39. The van der Waals surface area contributed by atoms with E-state index in [2.05, 4.69) is 6.92 Å². The first kappa shape index (κ1) is 14.1. The quantitative estimate of drug-likeness (QED) is 0.738. The van der Waals surface area contributed by atoms with Crippen molar-refractivity contribution in [2.75, 3.05) is 0 Å². The van der Waals surface area contributed by atoms with Gasteiger partial charge in [-0.1, -0.05) is 38.3 Å². The Kier molecular flexibility index (Phi) is 4.28. The monoisotopic (exact) mass is 260 g/mol. The molecule has 1 saturated carbocycles.